The Morgan fingerprint density at radius 3 is 2.80 bits per heavy atom. The molecule has 3 aliphatic rings. The van der Waals surface area contributed by atoms with Gasteiger partial charge in [0.2, 0.25) is 0 Å². The van der Waals surface area contributed by atoms with Gasteiger partial charge in [-0.1, -0.05) is 32.8 Å². The number of nitriles is 1. The standard InChI is InChI=1S/C21H29NO3/c1-5-21(4)7-6-16-17-10-19(25-13(3)23)18(24)9-14(17)8-15(11-22)20(16)12(21)2/h9,12,15-17,19-20H,5-8,10H2,1-4H3/t12?,15-,16+,17-,19?,20+,21-/m0/s1. The highest BCUT2D eigenvalue weighted by Gasteiger charge is 2.53. The van der Waals surface area contributed by atoms with E-state index in [1.54, 1.807) is 6.08 Å². The van der Waals surface area contributed by atoms with Gasteiger partial charge in [0.25, 0.3) is 0 Å². The van der Waals surface area contributed by atoms with Gasteiger partial charge in [0, 0.05) is 6.92 Å². The maximum Gasteiger partial charge on any atom is 0.303 e. The largest absolute Gasteiger partial charge is 0.454 e. The van der Waals surface area contributed by atoms with E-state index in [-0.39, 0.29) is 23.0 Å². The molecule has 0 aromatic heterocycles. The van der Waals surface area contributed by atoms with E-state index in [1.807, 2.05) is 0 Å². The number of hydrogen-bond acceptors (Lipinski definition) is 4. The van der Waals surface area contributed by atoms with Crippen LogP contribution < -0.4 is 0 Å². The average Bonchev–Trinajstić information content (AvgIpc) is 2.57. The van der Waals surface area contributed by atoms with Gasteiger partial charge in [0.15, 0.2) is 11.9 Å². The number of ether oxygens (including phenoxy) is 1. The Kier molecular flexibility index (Phi) is 4.79. The lowest BCUT2D eigenvalue weighted by Gasteiger charge is -2.55. The lowest BCUT2D eigenvalue weighted by molar-refractivity contribution is -0.154. The van der Waals surface area contributed by atoms with Crippen LogP contribution in [-0.4, -0.2) is 17.9 Å². The molecule has 0 aromatic rings. The highest BCUT2D eigenvalue weighted by molar-refractivity contribution is 5.96. The summed E-state index contributed by atoms with van der Waals surface area (Å²) in [5.74, 6) is 1.05. The minimum Gasteiger partial charge on any atom is -0.454 e. The molecule has 25 heavy (non-hydrogen) atoms. The minimum atomic E-state index is -0.639. The van der Waals surface area contributed by atoms with E-state index >= 15 is 0 Å². The van der Waals surface area contributed by atoms with Crippen molar-refractivity contribution in [3.63, 3.8) is 0 Å². The molecule has 0 heterocycles. The molecule has 0 saturated heterocycles. The fraction of sp³-hybridized carbons (Fsp3) is 0.762. The summed E-state index contributed by atoms with van der Waals surface area (Å²) in [7, 11) is 0. The average molecular weight is 343 g/mol. The first-order chi connectivity index (χ1) is 11.8. The first-order valence-corrected chi connectivity index (χ1v) is 9.62. The number of esters is 1. The quantitative estimate of drug-likeness (QED) is 0.709. The monoisotopic (exact) mass is 343 g/mol. The molecular weight excluding hydrogens is 314 g/mol. The van der Waals surface area contributed by atoms with Gasteiger partial charge < -0.3 is 4.74 Å². The van der Waals surface area contributed by atoms with E-state index in [0.29, 0.717) is 30.6 Å². The summed E-state index contributed by atoms with van der Waals surface area (Å²) in [5.41, 5.74) is 1.41. The molecule has 0 amide bonds. The maximum absolute atomic E-state index is 12.3. The molecule has 3 rings (SSSR count). The number of fused-ring (bicyclic) bond motifs is 3. The highest BCUT2D eigenvalue weighted by Crippen LogP contribution is 2.59. The Hall–Kier alpha value is -1.63. The molecular formula is C21H29NO3. The summed E-state index contributed by atoms with van der Waals surface area (Å²) < 4.78 is 5.28. The van der Waals surface area contributed by atoms with Crippen LogP contribution in [0.3, 0.4) is 0 Å². The van der Waals surface area contributed by atoms with Gasteiger partial charge in [0.1, 0.15) is 0 Å². The van der Waals surface area contributed by atoms with Gasteiger partial charge in [-0.25, -0.2) is 0 Å². The normalized spacial score (nSPS) is 43.3. The van der Waals surface area contributed by atoms with Crippen molar-refractivity contribution < 1.29 is 14.3 Å². The summed E-state index contributed by atoms with van der Waals surface area (Å²) in [6.45, 7) is 8.29. The van der Waals surface area contributed by atoms with E-state index in [0.717, 1.165) is 18.4 Å². The van der Waals surface area contributed by atoms with Gasteiger partial charge in [-0.3, -0.25) is 9.59 Å². The second kappa shape index (κ2) is 6.59. The Balaban J connectivity index is 1.93. The van der Waals surface area contributed by atoms with Crippen molar-refractivity contribution in [2.24, 2.45) is 35.0 Å². The number of nitrogens with zero attached hydrogens (tertiary/aromatic N) is 1. The van der Waals surface area contributed by atoms with E-state index < -0.39 is 12.1 Å². The molecule has 2 unspecified atom stereocenters. The van der Waals surface area contributed by atoms with Crippen LogP contribution in [0.5, 0.6) is 0 Å². The Morgan fingerprint density at radius 1 is 1.48 bits per heavy atom. The maximum atomic E-state index is 12.3. The van der Waals surface area contributed by atoms with Gasteiger partial charge in [-0.2, -0.15) is 5.26 Å². The fourth-order valence-electron chi connectivity index (χ4n) is 5.74. The topological polar surface area (TPSA) is 67.2 Å². The third kappa shape index (κ3) is 3.03. The van der Waals surface area contributed by atoms with Crippen molar-refractivity contribution in [1.82, 2.24) is 0 Å². The second-order valence-electron chi connectivity index (χ2n) is 8.58. The van der Waals surface area contributed by atoms with Crippen molar-refractivity contribution in [2.45, 2.75) is 65.9 Å². The molecule has 4 nitrogen and oxygen atoms in total. The number of rotatable bonds is 2. The molecule has 2 saturated carbocycles. The summed E-state index contributed by atoms with van der Waals surface area (Å²) in [4.78, 5) is 23.7. The van der Waals surface area contributed by atoms with Gasteiger partial charge in [0.05, 0.1) is 12.0 Å². The minimum absolute atomic E-state index is 0.00764. The van der Waals surface area contributed by atoms with Crippen molar-refractivity contribution in [1.29, 1.82) is 5.26 Å². The lowest BCUT2D eigenvalue weighted by Crippen LogP contribution is -2.50. The van der Waals surface area contributed by atoms with Crippen LogP contribution in [-0.2, 0) is 14.3 Å². The van der Waals surface area contributed by atoms with Crippen LogP contribution in [0.25, 0.3) is 0 Å². The van der Waals surface area contributed by atoms with Crippen LogP contribution in [0.2, 0.25) is 0 Å². The van der Waals surface area contributed by atoms with Gasteiger partial charge >= 0.3 is 5.97 Å². The summed E-state index contributed by atoms with van der Waals surface area (Å²) in [5, 5.41) is 9.79. The predicted molar refractivity (Wildman–Crippen MR) is 94.2 cm³/mol. The van der Waals surface area contributed by atoms with Crippen molar-refractivity contribution in [3.8, 4) is 6.07 Å². The zero-order chi connectivity index (χ0) is 18.4. The van der Waals surface area contributed by atoms with Crippen molar-refractivity contribution in [2.75, 3.05) is 0 Å². The smallest absolute Gasteiger partial charge is 0.303 e. The second-order valence-corrected chi connectivity index (χ2v) is 8.58. The number of allylic oxidation sites excluding steroid dienone is 1. The number of carbonyl (C=O) groups is 2. The molecule has 0 radical (unpaired) electrons. The number of ketones is 1. The first-order valence-electron chi connectivity index (χ1n) is 9.62. The zero-order valence-corrected chi connectivity index (χ0v) is 15.7. The van der Waals surface area contributed by atoms with Gasteiger partial charge in [-0.05, 0) is 60.8 Å². The fourth-order valence-corrected chi connectivity index (χ4v) is 5.74. The molecule has 0 bridgehead atoms. The number of hydrogen-bond donors (Lipinski definition) is 0. The first kappa shape index (κ1) is 18.2. The van der Waals surface area contributed by atoms with Crippen molar-refractivity contribution >= 4 is 11.8 Å². The van der Waals surface area contributed by atoms with Crippen LogP contribution in [0.15, 0.2) is 11.6 Å². The molecule has 3 aliphatic carbocycles. The SMILES string of the molecule is CC[C@@]1(C)CC[C@H]2[C@H](C1C)[C@H](C#N)CC1=CC(=O)C(OC(C)=O)C[C@@H]12. The van der Waals surface area contributed by atoms with Crippen LogP contribution in [0.4, 0.5) is 0 Å². The van der Waals surface area contributed by atoms with E-state index in [2.05, 4.69) is 26.8 Å². The number of carbonyl (C=O) groups excluding carboxylic acids is 2. The lowest BCUT2D eigenvalue weighted by atomic mass is 9.49. The van der Waals surface area contributed by atoms with Crippen molar-refractivity contribution in [3.05, 3.63) is 11.6 Å². The Morgan fingerprint density at radius 2 is 2.20 bits per heavy atom. The third-order valence-corrected chi connectivity index (χ3v) is 7.53. The zero-order valence-electron chi connectivity index (χ0n) is 15.7. The molecule has 4 heteroatoms. The predicted octanol–water partition coefficient (Wildman–Crippen LogP) is 4.06. The van der Waals surface area contributed by atoms with E-state index in [9.17, 15) is 14.9 Å². The summed E-state index contributed by atoms with van der Waals surface area (Å²) in [6, 6.07) is 2.55. The van der Waals surface area contributed by atoms with Crippen LogP contribution in [0.1, 0.15) is 59.8 Å². The molecule has 136 valence electrons. The van der Waals surface area contributed by atoms with Crippen LogP contribution in [0, 0.1) is 46.3 Å². The van der Waals surface area contributed by atoms with E-state index in [1.165, 1.54) is 13.3 Å². The molecule has 0 aliphatic heterocycles. The molecule has 0 aromatic carbocycles. The summed E-state index contributed by atoms with van der Waals surface area (Å²) >= 11 is 0. The van der Waals surface area contributed by atoms with Crippen LogP contribution >= 0.6 is 0 Å². The Bertz CT molecular complexity index is 646. The van der Waals surface area contributed by atoms with Gasteiger partial charge in [-0.15, -0.1) is 0 Å². The van der Waals surface area contributed by atoms with E-state index in [4.69, 9.17) is 4.74 Å². The molecule has 7 atom stereocenters. The summed E-state index contributed by atoms with van der Waals surface area (Å²) in [6.07, 6.45) is 5.74. The highest BCUT2D eigenvalue weighted by atomic mass is 16.5. The third-order valence-electron chi connectivity index (χ3n) is 7.53. The molecule has 0 N–H and O–H groups in total. The molecule has 2 fully saturated rings. The Labute approximate surface area is 150 Å². The molecule has 0 spiro atoms.